The van der Waals surface area contributed by atoms with Crippen molar-refractivity contribution in [1.82, 2.24) is 0 Å². The molecule has 0 amide bonds. The molecule has 0 heterocycles. The minimum atomic E-state index is -0.636. The minimum absolute atomic E-state index is 0. The number of hydrogen-bond donors (Lipinski definition) is 0. The van der Waals surface area contributed by atoms with Gasteiger partial charge in [0.2, 0.25) is 0 Å². The first-order valence-electron chi connectivity index (χ1n) is 6.73. The SMILES string of the molecule is CCC(C)OOC(=O)CC(C)=O.CCOC(=O)CC(C)=O.[Zr]. The molecule has 0 aromatic carbocycles. The number of carbonyl (C=O) groups excluding carboxylic acids is 4. The van der Waals surface area contributed by atoms with Gasteiger partial charge in [-0.25, -0.2) is 4.79 Å². The number of Topliss-reactive ketones (excluding diaryl/α,β-unsaturated/α-hetero) is 2. The molecule has 0 aliphatic carbocycles. The maximum absolute atomic E-state index is 10.7. The van der Waals surface area contributed by atoms with Gasteiger partial charge in [-0.1, -0.05) is 6.92 Å². The molecule has 8 heteroatoms. The fourth-order valence-corrected chi connectivity index (χ4v) is 0.852. The van der Waals surface area contributed by atoms with E-state index in [2.05, 4.69) is 14.5 Å². The van der Waals surface area contributed by atoms with Gasteiger partial charge >= 0.3 is 11.9 Å². The van der Waals surface area contributed by atoms with E-state index in [0.717, 1.165) is 6.42 Å². The molecular formula is C14H24O7Zr. The monoisotopic (exact) mass is 394 g/mol. The molecule has 0 bridgehead atoms. The van der Waals surface area contributed by atoms with E-state index in [4.69, 9.17) is 0 Å². The van der Waals surface area contributed by atoms with E-state index in [-0.39, 0.29) is 56.7 Å². The zero-order valence-electron chi connectivity index (χ0n) is 13.8. The van der Waals surface area contributed by atoms with E-state index < -0.39 is 11.9 Å². The van der Waals surface area contributed by atoms with Crippen LogP contribution in [-0.4, -0.2) is 36.2 Å². The summed E-state index contributed by atoms with van der Waals surface area (Å²) >= 11 is 0. The van der Waals surface area contributed by atoms with Crippen LogP contribution in [0.15, 0.2) is 0 Å². The molecule has 0 saturated heterocycles. The molecule has 0 N–H and O–H groups in total. The van der Waals surface area contributed by atoms with Gasteiger partial charge in [0.05, 0.1) is 6.61 Å². The van der Waals surface area contributed by atoms with Crippen LogP contribution < -0.4 is 0 Å². The first kappa shape index (κ1) is 26.0. The number of ether oxygens (including phenoxy) is 1. The average Bonchev–Trinajstić information content (AvgIpc) is 2.35. The van der Waals surface area contributed by atoms with Gasteiger partial charge < -0.3 is 4.74 Å². The van der Waals surface area contributed by atoms with E-state index in [1.807, 2.05) is 6.92 Å². The van der Waals surface area contributed by atoms with Crippen molar-refractivity contribution >= 4 is 23.5 Å². The van der Waals surface area contributed by atoms with Crippen LogP contribution in [0.5, 0.6) is 0 Å². The van der Waals surface area contributed by atoms with E-state index >= 15 is 0 Å². The molecule has 1 unspecified atom stereocenters. The number of ketones is 2. The second kappa shape index (κ2) is 16.5. The minimum Gasteiger partial charge on any atom is -0.466 e. The van der Waals surface area contributed by atoms with Crippen molar-refractivity contribution in [1.29, 1.82) is 0 Å². The molecule has 126 valence electrons. The molecule has 0 aliphatic heterocycles. The molecular weight excluding hydrogens is 371 g/mol. The second-order valence-corrected chi connectivity index (χ2v) is 4.33. The van der Waals surface area contributed by atoms with Crippen LogP contribution in [0, 0.1) is 0 Å². The molecule has 0 radical (unpaired) electrons. The first-order chi connectivity index (χ1) is 9.72. The quantitative estimate of drug-likeness (QED) is 0.267. The Bertz CT molecular complexity index is 355. The maximum Gasteiger partial charge on any atom is 0.349 e. The Morgan fingerprint density at radius 3 is 1.73 bits per heavy atom. The van der Waals surface area contributed by atoms with Crippen LogP contribution in [0.2, 0.25) is 0 Å². The van der Waals surface area contributed by atoms with Crippen molar-refractivity contribution in [3.8, 4) is 0 Å². The van der Waals surface area contributed by atoms with Gasteiger partial charge in [0, 0.05) is 26.2 Å². The molecule has 1 atom stereocenters. The Kier molecular flexibility index (Phi) is 19.5. The smallest absolute Gasteiger partial charge is 0.349 e. The Balaban J connectivity index is -0.000000326. The fourth-order valence-electron chi connectivity index (χ4n) is 0.852. The second-order valence-electron chi connectivity index (χ2n) is 4.33. The van der Waals surface area contributed by atoms with Gasteiger partial charge in [-0.15, -0.1) is 0 Å². The van der Waals surface area contributed by atoms with Crippen molar-refractivity contribution in [3.63, 3.8) is 0 Å². The van der Waals surface area contributed by atoms with Crippen LogP contribution in [0.4, 0.5) is 0 Å². The molecule has 0 spiro atoms. The van der Waals surface area contributed by atoms with Gasteiger partial charge in [0.25, 0.3) is 0 Å². The Morgan fingerprint density at radius 2 is 1.36 bits per heavy atom. The summed E-state index contributed by atoms with van der Waals surface area (Å²) in [4.78, 5) is 50.8. The summed E-state index contributed by atoms with van der Waals surface area (Å²) in [6, 6.07) is 0. The van der Waals surface area contributed by atoms with E-state index in [9.17, 15) is 19.2 Å². The van der Waals surface area contributed by atoms with Crippen molar-refractivity contribution in [2.45, 2.75) is 60.0 Å². The molecule has 0 rings (SSSR count). The van der Waals surface area contributed by atoms with Crippen molar-refractivity contribution < 1.29 is 59.9 Å². The summed E-state index contributed by atoms with van der Waals surface area (Å²) in [6.07, 6.45) is 0.304. The van der Waals surface area contributed by atoms with Crippen LogP contribution in [0.25, 0.3) is 0 Å². The Hall–Kier alpha value is -0.877. The summed E-state index contributed by atoms with van der Waals surface area (Å²) in [5.74, 6) is -1.46. The zero-order valence-corrected chi connectivity index (χ0v) is 16.2. The van der Waals surface area contributed by atoms with Crippen molar-refractivity contribution in [2.75, 3.05) is 6.61 Å². The topological polar surface area (TPSA) is 96.0 Å². The summed E-state index contributed by atoms with van der Waals surface area (Å²) < 4.78 is 4.49. The van der Waals surface area contributed by atoms with Gasteiger partial charge in [-0.3, -0.25) is 19.3 Å². The number of hydrogen-bond acceptors (Lipinski definition) is 7. The van der Waals surface area contributed by atoms with Gasteiger partial charge in [0.1, 0.15) is 30.5 Å². The fraction of sp³-hybridized carbons (Fsp3) is 0.714. The summed E-state index contributed by atoms with van der Waals surface area (Å²) in [6.45, 7) is 8.41. The Labute approximate surface area is 150 Å². The average molecular weight is 396 g/mol. The number of esters is 1. The summed E-state index contributed by atoms with van der Waals surface area (Å²) in [5.41, 5.74) is 0. The van der Waals surface area contributed by atoms with E-state index in [1.54, 1.807) is 13.8 Å². The van der Waals surface area contributed by atoms with Crippen molar-refractivity contribution in [3.05, 3.63) is 0 Å². The largest absolute Gasteiger partial charge is 0.466 e. The number of carbonyl (C=O) groups is 4. The third-order valence-electron chi connectivity index (χ3n) is 1.97. The van der Waals surface area contributed by atoms with Crippen molar-refractivity contribution in [2.24, 2.45) is 0 Å². The van der Waals surface area contributed by atoms with Gasteiger partial charge in [-0.05, 0) is 34.1 Å². The van der Waals surface area contributed by atoms with Crippen LogP contribution >= 0.6 is 0 Å². The maximum atomic E-state index is 10.7. The third kappa shape index (κ3) is 21.4. The molecule has 7 nitrogen and oxygen atoms in total. The molecule has 0 fully saturated rings. The normalized spacial score (nSPS) is 10.2. The molecule has 0 aliphatic rings. The summed E-state index contributed by atoms with van der Waals surface area (Å²) in [7, 11) is 0. The van der Waals surface area contributed by atoms with E-state index in [0.29, 0.717) is 6.61 Å². The van der Waals surface area contributed by atoms with Crippen LogP contribution in [0.1, 0.15) is 53.9 Å². The van der Waals surface area contributed by atoms with Crippen LogP contribution in [-0.2, 0) is 59.9 Å². The van der Waals surface area contributed by atoms with E-state index in [1.165, 1.54) is 13.8 Å². The molecule has 0 saturated carbocycles. The zero-order chi connectivity index (χ0) is 16.8. The number of rotatable bonds is 8. The predicted molar refractivity (Wildman–Crippen MR) is 74.2 cm³/mol. The van der Waals surface area contributed by atoms with Crippen LogP contribution in [0.3, 0.4) is 0 Å². The van der Waals surface area contributed by atoms with Gasteiger partial charge in [0.15, 0.2) is 0 Å². The Morgan fingerprint density at radius 1 is 0.909 bits per heavy atom. The third-order valence-corrected chi connectivity index (χ3v) is 1.97. The first-order valence-corrected chi connectivity index (χ1v) is 6.73. The molecule has 0 aromatic rings. The van der Waals surface area contributed by atoms with Gasteiger partial charge in [-0.2, -0.15) is 4.89 Å². The standard InChI is InChI=1S/C8H14O4.C6H10O3.Zr/c1-4-7(3)11-12-8(10)5-6(2)9;1-3-9-6(8)4-5(2)7;/h7H,4-5H2,1-3H3;3-4H2,1-2H3;. The predicted octanol–water partition coefficient (Wildman–Crippen LogP) is 1.76. The molecule has 22 heavy (non-hydrogen) atoms. The summed E-state index contributed by atoms with van der Waals surface area (Å²) in [5, 5.41) is 0. The molecule has 0 aromatic heterocycles.